The molecule has 0 amide bonds. The number of aryl methyl sites for hydroxylation is 1. The van der Waals surface area contributed by atoms with Crippen LogP contribution in [0, 0.1) is 11.8 Å². The van der Waals surface area contributed by atoms with Gasteiger partial charge >= 0.3 is 0 Å². The highest BCUT2D eigenvalue weighted by Crippen LogP contribution is 2.26. The number of rotatable bonds is 7. The van der Waals surface area contributed by atoms with Gasteiger partial charge in [-0.1, -0.05) is 80.5 Å². The van der Waals surface area contributed by atoms with E-state index in [-0.39, 0.29) is 11.5 Å². The molecule has 0 aliphatic rings. The second-order valence-electron chi connectivity index (χ2n) is 8.60. The summed E-state index contributed by atoms with van der Waals surface area (Å²) >= 11 is 0. The standard InChI is InChI=1S/C32H30O2/c1-2-3-4-5-6-29-23-30(28-17-21-32(34)22-18-28)14-13-27(29)12-9-24-7-10-25(11-8-24)26-15-19-31(33)20-16-26/h7-8,10-11,13-23,33-34H,2-6H2,1H3. The summed E-state index contributed by atoms with van der Waals surface area (Å²) in [6.45, 7) is 2.23. The van der Waals surface area contributed by atoms with E-state index in [1.807, 2.05) is 36.4 Å². The van der Waals surface area contributed by atoms with E-state index in [1.54, 1.807) is 24.3 Å². The van der Waals surface area contributed by atoms with Crippen molar-refractivity contribution in [3.8, 4) is 45.6 Å². The van der Waals surface area contributed by atoms with E-state index in [0.29, 0.717) is 0 Å². The zero-order valence-corrected chi connectivity index (χ0v) is 19.6. The van der Waals surface area contributed by atoms with Crippen molar-refractivity contribution in [3.05, 3.63) is 108 Å². The second kappa shape index (κ2) is 11.3. The Labute approximate surface area is 202 Å². The number of phenolic OH excluding ortho intramolecular Hbond substituents is 2. The molecule has 0 aliphatic heterocycles. The first-order valence-corrected chi connectivity index (χ1v) is 12.0. The first-order valence-electron chi connectivity index (χ1n) is 12.0. The summed E-state index contributed by atoms with van der Waals surface area (Å²) in [6.07, 6.45) is 5.87. The molecular formula is C32H30O2. The van der Waals surface area contributed by atoms with Gasteiger partial charge in [-0.3, -0.25) is 0 Å². The van der Waals surface area contributed by atoms with Crippen molar-refractivity contribution in [2.45, 2.75) is 39.0 Å². The van der Waals surface area contributed by atoms with Crippen LogP contribution in [0.3, 0.4) is 0 Å². The maximum Gasteiger partial charge on any atom is 0.115 e. The Morgan fingerprint density at radius 1 is 0.559 bits per heavy atom. The number of hydrogen-bond donors (Lipinski definition) is 2. The van der Waals surface area contributed by atoms with Crippen LogP contribution in [0.2, 0.25) is 0 Å². The highest BCUT2D eigenvalue weighted by Gasteiger charge is 2.05. The third kappa shape index (κ3) is 6.09. The molecule has 34 heavy (non-hydrogen) atoms. The minimum absolute atomic E-state index is 0.271. The van der Waals surface area contributed by atoms with Crippen LogP contribution in [0.1, 0.15) is 49.3 Å². The van der Waals surface area contributed by atoms with Crippen LogP contribution < -0.4 is 0 Å². The Morgan fingerprint density at radius 3 is 1.68 bits per heavy atom. The highest BCUT2D eigenvalue weighted by atomic mass is 16.3. The third-order valence-electron chi connectivity index (χ3n) is 6.03. The number of aromatic hydroxyl groups is 2. The molecule has 170 valence electrons. The van der Waals surface area contributed by atoms with Gasteiger partial charge in [-0.25, -0.2) is 0 Å². The summed E-state index contributed by atoms with van der Waals surface area (Å²) in [7, 11) is 0. The topological polar surface area (TPSA) is 40.5 Å². The molecule has 0 aliphatic carbocycles. The van der Waals surface area contributed by atoms with Gasteiger partial charge in [0, 0.05) is 11.1 Å². The van der Waals surface area contributed by atoms with Gasteiger partial charge in [-0.05, 0) is 89.2 Å². The molecule has 0 unspecified atom stereocenters. The number of benzene rings is 4. The Hall–Kier alpha value is -3.96. The predicted octanol–water partition coefficient (Wildman–Crippen LogP) is 7.95. The molecule has 4 rings (SSSR count). The van der Waals surface area contributed by atoms with Crippen LogP contribution >= 0.6 is 0 Å². The van der Waals surface area contributed by atoms with Crippen LogP contribution in [0.25, 0.3) is 22.3 Å². The van der Waals surface area contributed by atoms with E-state index in [1.165, 1.54) is 24.8 Å². The first kappa shape index (κ1) is 23.2. The molecule has 2 N–H and O–H groups in total. The Kier molecular flexibility index (Phi) is 7.68. The van der Waals surface area contributed by atoms with Gasteiger partial charge < -0.3 is 10.2 Å². The van der Waals surface area contributed by atoms with Crippen molar-refractivity contribution in [1.82, 2.24) is 0 Å². The quantitative estimate of drug-likeness (QED) is 0.223. The fourth-order valence-electron chi connectivity index (χ4n) is 4.04. The van der Waals surface area contributed by atoms with Gasteiger partial charge in [0.25, 0.3) is 0 Å². The van der Waals surface area contributed by atoms with Gasteiger partial charge in [0.1, 0.15) is 11.5 Å². The van der Waals surface area contributed by atoms with Crippen molar-refractivity contribution in [3.63, 3.8) is 0 Å². The van der Waals surface area contributed by atoms with E-state index < -0.39 is 0 Å². The summed E-state index contributed by atoms with van der Waals surface area (Å²) in [5.74, 6) is 7.29. The lowest BCUT2D eigenvalue weighted by Gasteiger charge is -2.09. The zero-order valence-electron chi connectivity index (χ0n) is 19.6. The Bertz CT molecular complexity index is 1270. The number of phenols is 2. The van der Waals surface area contributed by atoms with E-state index >= 15 is 0 Å². The molecule has 0 saturated carbocycles. The van der Waals surface area contributed by atoms with E-state index in [2.05, 4.69) is 49.1 Å². The molecule has 0 spiro atoms. The van der Waals surface area contributed by atoms with Crippen molar-refractivity contribution in [2.75, 3.05) is 0 Å². The van der Waals surface area contributed by atoms with Crippen molar-refractivity contribution >= 4 is 0 Å². The van der Waals surface area contributed by atoms with Gasteiger partial charge in [-0.2, -0.15) is 0 Å². The molecular weight excluding hydrogens is 416 g/mol. The van der Waals surface area contributed by atoms with E-state index in [0.717, 1.165) is 46.2 Å². The summed E-state index contributed by atoms with van der Waals surface area (Å²) in [5, 5.41) is 19.1. The summed E-state index contributed by atoms with van der Waals surface area (Å²) in [4.78, 5) is 0. The van der Waals surface area contributed by atoms with Crippen LogP contribution in [-0.4, -0.2) is 10.2 Å². The van der Waals surface area contributed by atoms with Gasteiger partial charge in [-0.15, -0.1) is 0 Å². The monoisotopic (exact) mass is 446 g/mol. The lowest BCUT2D eigenvalue weighted by atomic mass is 9.95. The molecule has 0 heterocycles. The van der Waals surface area contributed by atoms with Crippen molar-refractivity contribution in [2.24, 2.45) is 0 Å². The summed E-state index contributed by atoms with van der Waals surface area (Å²) < 4.78 is 0. The molecule has 0 bridgehead atoms. The maximum absolute atomic E-state index is 9.61. The average molecular weight is 447 g/mol. The molecule has 2 nitrogen and oxygen atoms in total. The van der Waals surface area contributed by atoms with Crippen LogP contribution in [-0.2, 0) is 6.42 Å². The second-order valence-corrected chi connectivity index (χ2v) is 8.60. The first-order chi connectivity index (χ1) is 16.6. The SMILES string of the molecule is CCCCCCc1cc(-c2ccc(O)cc2)ccc1C#Cc1ccc(-c2ccc(O)cc2)cc1. The zero-order chi connectivity index (χ0) is 23.8. The van der Waals surface area contributed by atoms with Gasteiger partial charge in [0.05, 0.1) is 0 Å². The normalized spacial score (nSPS) is 10.5. The fraction of sp³-hybridized carbons (Fsp3) is 0.188. The fourth-order valence-corrected chi connectivity index (χ4v) is 4.04. The van der Waals surface area contributed by atoms with Crippen LogP contribution in [0.4, 0.5) is 0 Å². The molecule has 4 aromatic rings. The predicted molar refractivity (Wildman–Crippen MR) is 141 cm³/mol. The van der Waals surface area contributed by atoms with E-state index in [4.69, 9.17) is 0 Å². The lowest BCUT2D eigenvalue weighted by Crippen LogP contribution is -1.93. The Morgan fingerprint density at radius 2 is 1.09 bits per heavy atom. The molecule has 0 aromatic heterocycles. The third-order valence-corrected chi connectivity index (χ3v) is 6.03. The lowest BCUT2D eigenvalue weighted by molar-refractivity contribution is 0.475. The van der Waals surface area contributed by atoms with E-state index in [9.17, 15) is 10.2 Å². The smallest absolute Gasteiger partial charge is 0.115 e. The molecule has 4 aromatic carbocycles. The molecule has 0 atom stereocenters. The average Bonchev–Trinajstić information content (AvgIpc) is 2.87. The minimum atomic E-state index is 0.271. The van der Waals surface area contributed by atoms with Gasteiger partial charge in [0.15, 0.2) is 0 Å². The van der Waals surface area contributed by atoms with Crippen LogP contribution in [0.5, 0.6) is 11.5 Å². The summed E-state index contributed by atoms with van der Waals surface area (Å²) in [5.41, 5.74) is 7.72. The molecule has 2 heteroatoms. The number of hydrogen-bond acceptors (Lipinski definition) is 2. The highest BCUT2D eigenvalue weighted by molar-refractivity contribution is 5.68. The molecule has 0 fully saturated rings. The molecule has 0 saturated heterocycles. The summed E-state index contributed by atoms with van der Waals surface area (Å²) in [6, 6.07) is 29.3. The minimum Gasteiger partial charge on any atom is -0.508 e. The van der Waals surface area contributed by atoms with Gasteiger partial charge in [0.2, 0.25) is 0 Å². The maximum atomic E-state index is 9.61. The largest absolute Gasteiger partial charge is 0.508 e. The number of unbranched alkanes of at least 4 members (excludes halogenated alkanes) is 3. The van der Waals surface area contributed by atoms with Crippen molar-refractivity contribution < 1.29 is 10.2 Å². The Balaban J connectivity index is 1.57. The molecule has 0 radical (unpaired) electrons. The van der Waals surface area contributed by atoms with Crippen molar-refractivity contribution in [1.29, 1.82) is 0 Å². The van der Waals surface area contributed by atoms with Crippen LogP contribution in [0.15, 0.2) is 91.0 Å².